The van der Waals surface area contributed by atoms with E-state index in [1.165, 1.54) is 12.8 Å². The fourth-order valence-corrected chi connectivity index (χ4v) is 1.92. The molecule has 0 aromatic rings. The Bertz CT molecular complexity index is 143. The Morgan fingerprint density at radius 3 is 2.50 bits per heavy atom. The van der Waals surface area contributed by atoms with Crippen molar-refractivity contribution in [2.24, 2.45) is 0 Å². The fraction of sp³-hybridized carbons (Fsp3) is 0.818. The van der Waals surface area contributed by atoms with Gasteiger partial charge in [0.2, 0.25) is 0 Å². The van der Waals surface area contributed by atoms with Crippen molar-refractivity contribution in [3.05, 3.63) is 12.2 Å². The summed E-state index contributed by atoms with van der Waals surface area (Å²) in [7, 11) is 0. The van der Waals surface area contributed by atoms with Gasteiger partial charge >= 0.3 is 0 Å². The Morgan fingerprint density at radius 1 is 1.25 bits per heavy atom. The second-order valence-electron chi connectivity index (χ2n) is 3.85. The third kappa shape index (κ3) is 2.98. The van der Waals surface area contributed by atoms with Crippen LogP contribution in [-0.4, -0.2) is 10.7 Å². The first-order chi connectivity index (χ1) is 5.77. The maximum Gasteiger partial charge on any atom is 0.0650 e. The van der Waals surface area contributed by atoms with Crippen LogP contribution in [0.2, 0.25) is 0 Å². The number of allylic oxidation sites excluding steroid dienone is 2. The molecule has 12 heavy (non-hydrogen) atoms. The third-order valence-corrected chi connectivity index (χ3v) is 2.71. The van der Waals surface area contributed by atoms with Crippen molar-refractivity contribution in [2.45, 2.75) is 57.5 Å². The minimum atomic E-state index is -0.307. The van der Waals surface area contributed by atoms with Crippen LogP contribution >= 0.6 is 0 Å². The van der Waals surface area contributed by atoms with Crippen molar-refractivity contribution in [3.63, 3.8) is 0 Å². The van der Waals surface area contributed by atoms with E-state index < -0.39 is 0 Å². The third-order valence-electron chi connectivity index (χ3n) is 2.71. The van der Waals surface area contributed by atoms with E-state index in [0.717, 1.165) is 32.1 Å². The summed E-state index contributed by atoms with van der Waals surface area (Å²) >= 11 is 0. The van der Waals surface area contributed by atoms with E-state index in [1.807, 2.05) is 0 Å². The van der Waals surface area contributed by atoms with Crippen molar-refractivity contribution in [1.29, 1.82) is 0 Å². The molecular formula is C11H20O. The summed E-state index contributed by atoms with van der Waals surface area (Å²) in [6.45, 7) is 2.14. The van der Waals surface area contributed by atoms with Gasteiger partial charge in [0.05, 0.1) is 5.60 Å². The molecule has 1 rings (SSSR count). The average Bonchev–Trinajstić information content (AvgIpc) is 2.47. The van der Waals surface area contributed by atoms with Gasteiger partial charge in [0, 0.05) is 0 Å². The summed E-state index contributed by atoms with van der Waals surface area (Å²) in [5, 5.41) is 9.96. The van der Waals surface area contributed by atoms with Gasteiger partial charge in [-0.05, 0) is 32.1 Å². The molecule has 0 aromatic carbocycles. The Balaban J connectivity index is 2.17. The Kier molecular flexibility index (Phi) is 3.80. The molecule has 0 aromatic heterocycles. The maximum atomic E-state index is 9.96. The van der Waals surface area contributed by atoms with E-state index in [0.29, 0.717) is 0 Å². The number of hydrogen-bond donors (Lipinski definition) is 1. The van der Waals surface area contributed by atoms with Crippen LogP contribution in [0.1, 0.15) is 51.9 Å². The highest BCUT2D eigenvalue weighted by Crippen LogP contribution is 2.33. The summed E-state index contributed by atoms with van der Waals surface area (Å²) in [6, 6.07) is 0. The lowest BCUT2D eigenvalue weighted by Gasteiger charge is -2.20. The van der Waals surface area contributed by atoms with E-state index in [1.54, 1.807) is 0 Å². The molecule has 0 bridgehead atoms. The van der Waals surface area contributed by atoms with Gasteiger partial charge in [-0.25, -0.2) is 0 Å². The van der Waals surface area contributed by atoms with Crippen molar-refractivity contribution in [1.82, 2.24) is 0 Å². The van der Waals surface area contributed by atoms with Gasteiger partial charge in [0.1, 0.15) is 0 Å². The number of hydrogen-bond acceptors (Lipinski definition) is 1. The van der Waals surface area contributed by atoms with Crippen LogP contribution in [0.3, 0.4) is 0 Å². The lowest BCUT2D eigenvalue weighted by Crippen LogP contribution is -2.23. The molecule has 0 amide bonds. The molecule has 1 aliphatic rings. The van der Waals surface area contributed by atoms with Gasteiger partial charge in [0.25, 0.3) is 0 Å². The molecular weight excluding hydrogens is 148 g/mol. The Morgan fingerprint density at radius 2 is 1.92 bits per heavy atom. The molecule has 1 heteroatoms. The minimum Gasteiger partial charge on any atom is -0.390 e. The second kappa shape index (κ2) is 4.66. The zero-order chi connectivity index (χ0) is 8.86. The molecule has 0 spiro atoms. The van der Waals surface area contributed by atoms with Crippen molar-refractivity contribution in [3.8, 4) is 0 Å². The van der Waals surface area contributed by atoms with Gasteiger partial charge in [-0.15, -0.1) is 0 Å². The molecule has 0 saturated heterocycles. The average molecular weight is 168 g/mol. The van der Waals surface area contributed by atoms with Crippen molar-refractivity contribution < 1.29 is 5.11 Å². The molecule has 0 unspecified atom stereocenters. The van der Waals surface area contributed by atoms with Crippen LogP contribution in [0, 0.1) is 0 Å². The van der Waals surface area contributed by atoms with E-state index in [2.05, 4.69) is 19.1 Å². The van der Waals surface area contributed by atoms with Gasteiger partial charge < -0.3 is 5.11 Å². The SMILES string of the molecule is CC/C=C\CCC1(O)CCCC1. The molecule has 1 fully saturated rings. The van der Waals surface area contributed by atoms with Crippen LogP contribution in [0.4, 0.5) is 0 Å². The Hall–Kier alpha value is -0.300. The standard InChI is InChI=1S/C11H20O/c1-2-3-4-5-8-11(12)9-6-7-10-11/h3-4,12H,2,5-10H2,1H3/b4-3-. The summed E-state index contributed by atoms with van der Waals surface area (Å²) in [5.74, 6) is 0. The summed E-state index contributed by atoms with van der Waals surface area (Å²) in [4.78, 5) is 0. The van der Waals surface area contributed by atoms with Gasteiger partial charge in [-0.2, -0.15) is 0 Å². The quantitative estimate of drug-likeness (QED) is 0.640. The molecule has 70 valence electrons. The normalized spacial score (nSPS) is 22.2. The minimum absolute atomic E-state index is 0.307. The highest BCUT2D eigenvalue weighted by Gasteiger charge is 2.29. The van der Waals surface area contributed by atoms with Gasteiger partial charge in [-0.3, -0.25) is 0 Å². The van der Waals surface area contributed by atoms with E-state index in [9.17, 15) is 5.11 Å². The van der Waals surface area contributed by atoms with E-state index in [4.69, 9.17) is 0 Å². The van der Waals surface area contributed by atoms with E-state index >= 15 is 0 Å². The highest BCUT2D eigenvalue weighted by atomic mass is 16.3. The first-order valence-corrected chi connectivity index (χ1v) is 5.14. The maximum absolute atomic E-state index is 9.96. The van der Waals surface area contributed by atoms with Gasteiger partial charge in [-0.1, -0.05) is 31.9 Å². The zero-order valence-corrected chi connectivity index (χ0v) is 8.05. The second-order valence-corrected chi connectivity index (χ2v) is 3.85. The summed E-state index contributed by atoms with van der Waals surface area (Å²) < 4.78 is 0. The molecule has 0 aliphatic heterocycles. The van der Waals surface area contributed by atoms with Crippen LogP contribution in [0.25, 0.3) is 0 Å². The van der Waals surface area contributed by atoms with Crippen molar-refractivity contribution >= 4 is 0 Å². The Labute approximate surface area is 75.5 Å². The predicted octanol–water partition coefficient (Wildman–Crippen LogP) is 3.04. The summed E-state index contributed by atoms with van der Waals surface area (Å²) in [6.07, 6.45) is 12.0. The lowest BCUT2D eigenvalue weighted by molar-refractivity contribution is 0.0398. The first kappa shape index (κ1) is 9.79. The van der Waals surface area contributed by atoms with Gasteiger partial charge in [0.15, 0.2) is 0 Å². The van der Waals surface area contributed by atoms with Crippen molar-refractivity contribution in [2.75, 3.05) is 0 Å². The predicted molar refractivity (Wildman–Crippen MR) is 52.1 cm³/mol. The number of aliphatic hydroxyl groups is 1. The first-order valence-electron chi connectivity index (χ1n) is 5.14. The smallest absolute Gasteiger partial charge is 0.0650 e. The monoisotopic (exact) mass is 168 g/mol. The molecule has 1 nitrogen and oxygen atoms in total. The molecule has 1 aliphatic carbocycles. The molecule has 1 saturated carbocycles. The van der Waals surface area contributed by atoms with Crippen LogP contribution in [0.15, 0.2) is 12.2 Å². The highest BCUT2D eigenvalue weighted by molar-refractivity contribution is 4.88. The molecule has 1 N–H and O–H groups in total. The largest absolute Gasteiger partial charge is 0.390 e. The summed E-state index contributed by atoms with van der Waals surface area (Å²) in [5.41, 5.74) is -0.307. The lowest BCUT2D eigenvalue weighted by atomic mass is 9.96. The molecule has 0 atom stereocenters. The van der Waals surface area contributed by atoms with Crippen LogP contribution in [-0.2, 0) is 0 Å². The zero-order valence-electron chi connectivity index (χ0n) is 8.05. The topological polar surface area (TPSA) is 20.2 Å². The van der Waals surface area contributed by atoms with Crippen LogP contribution in [0.5, 0.6) is 0 Å². The van der Waals surface area contributed by atoms with E-state index in [-0.39, 0.29) is 5.60 Å². The molecule has 0 radical (unpaired) electrons. The van der Waals surface area contributed by atoms with Crippen LogP contribution < -0.4 is 0 Å². The fourth-order valence-electron chi connectivity index (χ4n) is 1.92. The number of rotatable bonds is 4. The molecule has 0 heterocycles.